The fourth-order valence-corrected chi connectivity index (χ4v) is 1.95. The van der Waals surface area contributed by atoms with E-state index < -0.39 is 6.43 Å². The maximum Gasteiger partial charge on any atom is 0.264 e. The van der Waals surface area contributed by atoms with Gasteiger partial charge >= 0.3 is 0 Å². The van der Waals surface area contributed by atoms with Crippen LogP contribution in [-0.4, -0.2) is 6.54 Å². The summed E-state index contributed by atoms with van der Waals surface area (Å²) in [6.45, 7) is 0.526. The molecule has 2 N–H and O–H groups in total. The van der Waals surface area contributed by atoms with Crippen LogP contribution in [0.3, 0.4) is 0 Å². The molecular formula is C13H13F2N. The van der Waals surface area contributed by atoms with Gasteiger partial charge in [-0.1, -0.05) is 36.4 Å². The highest BCUT2D eigenvalue weighted by Crippen LogP contribution is 2.29. The van der Waals surface area contributed by atoms with Crippen molar-refractivity contribution in [1.29, 1.82) is 0 Å². The average molecular weight is 221 g/mol. The number of hydrogen-bond acceptors (Lipinski definition) is 1. The predicted octanol–water partition coefficient (Wildman–Crippen LogP) is 3.28. The molecule has 0 spiro atoms. The van der Waals surface area contributed by atoms with Gasteiger partial charge in [-0.3, -0.25) is 0 Å². The maximum absolute atomic E-state index is 12.8. The summed E-state index contributed by atoms with van der Waals surface area (Å²) in [5.74, 6) is 0. The maximum atomic E-state index is 12.8. The van der Waals surface area contributed by atoms with Crippen molar-refractivity contribution in [2.24, 2.45) is 5.73 Å². The summed E-state index contributed by atoms with van der Waals surface area (Å²) in [6.07, 6.45) is -1.72. The van der Waals surface area contributed by atoms with Crippen LogP contribution in [-0.2, 0) is 6.42 Å². The smallest absolute Gasteiger partial charge is 0.264 e. The van der Waals surface area contributed by atoms with E-state index in [2.05, 4.69) is 0 Å². The summed E-state index contributed by atoms with van der Waals surface area (Å²) in [6, 6.07) is 10.5. The van der Waals surface area contributed by atoms with Crippen molar-refractivity contribution in [3.8, 4) is 0 Å². The zero-order chi connectivity index (χ0) is 11.5. The molecule has 2 aromatic rings. The summed E-state index contributed by atoms with van der Waals surface area (Å²) in [5, 5.41) is 1.51. The van der Waals surface area contributed by atoms with Crippen LogP contribution in [0.5, 0.6) is 0 Å². The van der Waals surface area contributed by atoms with Gasteiger partial charge in [-0.15, -0.1) is 0 Å². The number of nitrogens with two attached hydrogens (primary N) is 1. The zero-order valence-electron chi connectivity index (χ0n) is 8.79. The largest absolute Gasteiger partial charge is 0.330 e. The van der Waals surface area contributed by atoms with Crippen molar-refractivity contribution in [3.63, 3.8) is 0 Å². The third-order valence-electron chi connectivity index (χ3n) is 2.70. The molecule has 1 nitrogen and oxygen atoms in total. The van der Waals surface area contributed by atoms with E-state index in [1.165, 1.54) is 6.07 Å². The summed E-state index contributed by atoms with van der Waals surface area (Å²) >= 11 is 0. The minimum Gasteiger partial charge on any atom is -0.330 e. The van der Waals surface area contributed by atoms with E-state index in [0.717, 1.165) is 10.9 Å². The SMILES string of the molecule is NCCc1ccc(C(F)F)c2ccccc12. The van der Waals surface area contributed by atoms with Gasteiger partial charge in [0.25, 0.3) is 6.43 Å². The molecule has 0 saturated carbocycles. The van der Waals surface area contributed by atoms with E-state index in [0.29, 0.717) is 18.4 Å². The molecule has 0 atom stereocenters. The van der Waals surface area contributed by atoms with Crippen LogP contribution >= 0.6 is 0 Å². The summed E-state index contributed by atoms with van der Waals surface area (Å²) in [5.41, 5.74) is 6.63. The third-order valence-corrected chi connectivity index (χ3v) is 2.70. The Labute approximate surface area is 92.9 Å². The monoisotopic (exact) mass is 221 g/mol. The van der Waals surface area contributed by atoms with E-state index in [9.17, 15) is 8.78 Å². The first-order chi connectivity index (χ1) is 7.74. The molecule has 0 bridgehead atoms. The first-order valence-electron chi connectivity index (χ1n) is 5.22. The van der Waals surface area contributed by atoms with Crippen LogP contribution in [0, 0.1) is 0 Å². The number of hydrogen-bond donors (Lipinski definition) is 1. The molecule has 0 radical (unpaired) electrons. The van der Waals surface area contributed by atoms with Crippen molar-refractivity contribution in [3.05, 3.63) is 47.5 Å². The van der Waals surface area contributed by atoms with Crippen molar-refractivity contribution in [1.82, 2.24) is 0 Å². The Balaban J connectivity index is 2.67. The number of alkyl halides is 2. The molecule has 0 aliphatic carbocycles. The molecule has 0 aromatic heterocycles. The minimum absolute atomic E-state index is 0.0939. The second-order valence-corrected chi connectivity index (χ2v) is 3.70. The minimum atomic E-state index is -2.43. The van der Waals surface area contributed by atoms with Crippen LogP contribution in [0.25, 0.3) is 10.8 Å². The predicted molar refractivity (Wildman–Crippen MR) is 61.7 cm³/mol. The fraction of sp³-hybridized carbons (Fsp3) is 0.231. The fourth-order valence-electron chi connectivity index (χ4n) is 1.95. The molecular weight excluding hydrogens is 208 g/mol. The Kier molecular flexibility index (Phi) is 3.15. The van der Waals surface area contributed by atoms with E-state index >= 15 is 0 Å². The Hall–Kier alpha value is -1.48. The Morgan fingerprint density at radius 2 is 1.69 bits per heavy atom. The second-order valence-electron chi connectivity index (χ2n) is 3.70. The van der Waals surface area contributed by atoms with Crippen LogP contribution in [0.15, 0.2) is 36.4 Å². The normalized spacial score (nSPS) is 11.2. The molecule has 0 aliphatic heterocycles. The van der Waals surface area contributed by atoms with Crippen molar-refractivity contribution in [2.75, 3.05) is 6.54 Å². The van der Waals surface area contributed by atoms with Crippen molar-refractivity contribution < 1.29 is 8.78 Å². The van der Waals surface area contributed by atoms with Gasteiger partial charge in [0.15, 0.2) is 0 Å². The van der Waals surface area contributed by atoms with Gasteiger partial charge < -0.3 is 5.73 Å². The first kappa shape index (κ1) is 11.0. The van der Waals surface area contributed by atoms with Gasteiger partial charge in [0.2, 0.25) is 0 Å². The van der Waals surface area contributed by atoms with Crippen molar-refractivity contribution >= 4 is 10.8 Å². The van der Waals surface area contributed by atoms with Crippen LogP contribution < -0.4 is 5.73 Å². The molecule has 0 fully saturated rings. The Morgan fingerprint density at radius 1 is 1.00 bits per heavy atom. The molecule has 2 aromatic carbocycles. The Morgan fingerprint density at radius 3 is 2.31 bits per heavy atom. The topological polar surface area (TPSA) is 26.0 Å². The number of benzene rings is 2. The molecule has 0 saturated heterocycles. The molecule has 2 rings (SSSR count). The summed E-state index contributed by atoms with van der Waals surface area (Å²) in [4.78, 5) is 0. The van der Waals surface area contributed by atoms with Crippen molar-refractivity contribution in [2.45, 2.75) is 12.8 Å². The number of halogens is 2. The molecule has 3 heteroatoms. The lowest BCUT2D eigenvalue weighted by Crippen LogP contribution is -2.03. The molecule has 0 unspecified atom stereocenters. The lowest BCUT2D eigenvalue weighted by atomic mass is 9.98. The highest BCUT2D eigenvalue weighted by molar-refractivity contribution is 5.88. The van der Waals surface area contributed by atoms with E-state index in [-0.39, 0.29) is 5.56 Å². The van der Waals surface area contributed by atoms with Crippen LogP contribution in [0.4, 0.5) is 8.78 Å². The highest BCUT2D eigenvalue weighted by atomic mass is 19.3. The third kappa shape index (κ3) is 1.91. The van der Waals surface area contributed by atoms with E-state index in [4.69, 9.17) is 5.73 Å². The van der Waals surface area contributed by atoms with Crippen LogP contribution in [0.2, 0.25) is 0 Å². The summed E-state index contributed by atoms with van der Waals surface area (Å²) in [7, 11) is 0. The lowest BCUT2D eigenvalue weighted by Gasteiger charge is -2.09. The lowest BCUT2D eigenvalue weighted by molar-refractivity contribution is 0.153. The zero-order valence-corrected chi connectivity index (χ0v) is 8.79. The average Bonchev–Trinajstić information content (AvgIpc) is 2.29. The molecule has 84 valence electrons. The van der Waals surface area contributed by atoms with Gasteiger partial charge in [-0.2, -0.15) is 0 Å². The molecule has 16 heavy (non-hydrogen) atoms. The number of fused-ring (bicyclic) bond motifs is 1. The van der Waals surface area contributed by atoms with Crippen LogP contribution in [0.1, 0.15) is 17.6 Å². The second kappa shape index (κ2) is 4.58. The van der Waals surface area contributed by atoms with E-state index in [1.807, 2.05) is 12.1 Å². The van der Waals surface area contributed by atoms with Gasteiger partial charge in [-0.05, 0) is 29.3 Å². The molecule has 0 heterocycles. The van der Waals surface area contributed by atoms with Gasteiger partial charge in [0, 0.05) is 5.56 Å². The summed E-state index contributed by atoms with van der Waals surface area (Å²) < 4.78 is 25.6. The first-order valence-corrected chi connectivity index (χ1v) is 5.22. The van der Waals surface area contributed by atoms with Gasteiger partial charge in [0.1, 0.15) is 0 Å². The molecule has 0 amide bonds. The highest BCUT2D eigenvalue weighted by Gasteiger charge is 2.12. The number of rotatable bonds is 3. The van der Waals surface area contributed by atoms with E-state index in [1.54, 1.807) is 18.2 Å². The van der Waals surface area contributed by atoms with Gasteiger partial charge in [0.05, 0.1) is 0 Å². The van der Waals surface area contributed by atoms with Gasteiger partial charge in [-0.25, -0.2) is 8.78 Å². The quantitative estimate of drug-likeness (QED) is 0.845. The standard InChI is InChI=1S/C13H13F2N/c14-13(15)12-6-5-9(7-8-16)10-3-1-2-4-11(10)12/h1-6,13H,7-8,16H2. The molecule has 0 aliphatic rings. The Bertz CT molecular complexity index is 494.